The fourth-order valence-electron chi connectivity index (χ4n) is 2.68. The van der Waals surface area contributed by atoms with Crippen LogP contribution in [0, 0.1) is 6.92 Å². The van der Waals surface area contributed by atoms with Gasteiger partial charge in [-0.3, -0.25) is 4.79 Å². The van der Waals surface area contributed by atoms with Gasteiger partial charge >= 0.3 is 0 Å². The van der Waals surface area contributed by atoms with Crippen LogP contribution in [-0.2, 0) is 6.42 Å². The van der Waals surface area contributed by atoms with E-state index >= 15 is 0 Å². The topological polar surface area (TPSA) is 90.9 Å². The molecule has 3 rings (SSSR count). The summed E-state index contributed by atoms with van der Waals surface area (Å²) >= 11 is 0. The lowest BCUT2D eigenvalue weighted by Crippen LogP contribution is -2.04. The van der Waals surface area contributed by atoms with E-state index in [-0.39, 0.29) is 44.8 Å². The molecular formula is C19H18O5. The van der Waals surface area contributed by atoms with Gasteiger partial charge in [-0.1, -0.05) is 17.7 Å². The van der Waals surface area contributed by atoms with Crippen molar-refractivity contribution in [2.75, 3.05) is 0 Å². The molecule has 3 aromatic rings. The number of aryl methyl sites for hydroxylation is 1. The minimum absolute atomic E-state index is 0.000657. The first kappa shape index (κ1) is 15.9. The van der Waals surface area contributed by atoms with Gasteiger partial charge in [-0.05, 0) is 38.8 Å². The van der Waals surface area contributed by atoms with Crippen LogP contribution in [-0.4, -0.2) is 15.3 Å². The van der Waals surface area contributed by atoms with E-state index in [4.69, 9.17) is 4.42 Å². The second-order valence-electron chi connectivity index (χ2n) is 6.12. The van der Waals surface area contributed by atoms with Crippen molar-refractivity contribution in [1.82, 2.24) is 0 Å². The van der Waals surface area contributed by atoms with Crippen LogP contribution in [0.5, 0.6) is 17.2 Å². The third kappa shape index (κ3) is 2.38. The summed E-state index contributed by atoms with van der Waals surface area (Å²) in [4.78, 5) is 12.7. The summed E-state index contributed by atoms with van der Waals surface area (Å²) in [6.07, 6.45) is 2.14. The number of fused-ring (bicyclic) bond motifs is 2. The maximum absolute atomic E-state index is 12.7. The monoisotopic (exact) mass is 326 g/mol. The van der Waals surface area contributed by atoms with Crippen LogP contribution in [0.3, 0.4) is 0 Å². The average Bonchev–Trinajstić information content (AvgIpc) is 2.50. The lowest BCUT2D eigenvalue weighted by atomic mass is 10.0. The highest BCUT2D eigenvalue weighted by Gasteiger charge is 2.19. The third-order valence-electron chi connectivity index (χ3n) is 4.08. The summed E-state index contributed by atoms with van der Waals surface area (Å²) in [7, 11) is 0. The van der Waals surface area contributed by atoms with Gasteiger partial charge in [-0.25, -0.2) is 0 Å². The lowest BCUT2D eigenvalue weighted by molar-refractivity contribution is 0.441. The molecule has 1 aromatic heterocycles. The molecular weight excluding hydrogens is 308 g/mol. The number of phenols is 3. The van der Waals surface area contributed by atoms with Crippen LogP contribution in [0.1, 0.15) is 25.0 Å². The highest BCUT2D eigenvalue weighted by Crippen LogP contribution is 2.37. The van der Waals surface area contributed by atoms with Gasteiger partial charge in [-0.15, -0.1) is 0 Å². The van der Waals surface area contributed by atoms with Crippen molar-refractivity contribution in [3.63, 3.8) is 0 Å². The Morgan fingerprint density at radius 1 is 1.17 bits per heavy atom. The number of hydrogen-bond acceptors (Lipinski definition) is 5. The van der Waals surface area contributed by atoms with Gasteiger partial charge in [-0.2, -0.15) is 0 Å². The molecule has 0 spiro atoms. The number of hydrogen-bond donors (Lipinski definition) is 3. The first-order valence-electron chi connectivity index (χ1n) is 7.57. The minimum Gasteiger partial charge on any atom is -0.507 e. The zero-order valence-corrected chi connectivity index (χ0v) is 13.7. The van der Waals surface area contributed by atoms with Gasteiger partial charge in [0, 0.05) is 11.6 Å². The van der Waals surface area contributed by atoms with Crippen LogP contribution in [0.4, 0.5) is 0 Å². The van der Waals surface area contributed by atoms with Crippen LogP contribution in [0.15, 0.2) is 39.1 Å². The number of allylic oxidation sites excluding steroid dienone is 2. The molecule has 0 atom stereocenters. The molecule has 0 bridgehead atoms. The zero-order valence-electron chi connectivity index (χ0n) is 13.7. The van der Waals surface area contributed by atoms with Crippen molar-refractivity contribution in [1.29, 1.82) is 0 Å². The van der Waals surface area contributed by atoms with Gasteiger partial charge in [0.25, 0.3) is 0 Å². The fraction of sp³-hybridized carbons (Fsp3) is 0.211. The molecule has 5 heteroatoms. The Balaban J connectivity index is 2.42. The number of benzene rings is 2. The molecule has 24 heavy (non-hydrogen) atoms. The summed E-state index contributed by atoms with van der Waals surface area (Å²) in [6.45, 7) is 5.50. The molecule has 0 radical (unpaired) electrons. The molecule has 1 heterocycles. The van der Waals surface area contributed by atoms with Gasteiger partial charge in [0.2, 0.25) is 5.43 Å². The smallest absolute Gasteiger partial charge is 0.204 e. The van der Waals surface area contributed by atoms with E-state index in [1.54, 1.807) is 19.1 Å². The van der Waals surface area contributed by atoms with E-state index in [2.05, 4.69) is 0 Å². The van der Waals surface area contributed by atoms with E-state index in [9.17, 15) is 20.1 Å². The molecule has 0 unspecified atom stereocenters. The Hall–Kier alpha value is -2.95. The average molecular weight is 326 g/mol. The molecule has 124 valence electrons. The predicted octanol–water partition coefficient (Wildman–Crippen LogP) is 3.88. The number of aromatic hydroxyl groups is 3. The van der Waals surface area contributed by atoms with E-state index in [1.807, 2.05) is 19.9 Å². The summed E-state index contributed by atoms with van der Waals surface area (Å²) in [5, 5.41) is 31.0. The van der Waals surface area contributed by atoms with E-state index in [0.29, 0.717) is 12.0 Å². The molecule has 0 amide bonds. The van der Waals surface area contributed by atoms with Crippen molar-refractivity contribution in [2.45, 2.75) is 27.2 Å². The first-order chi connectivity index (χ1) is 11.3. The SMILES string of the molecule is CC(C)=CCc1c(O)cc2oc3c(O)c(C)ccc3c(=O)c2c1O. The Labute approximate surface area is 138 Å². The first-order valence-corrected chi connectivity index (χ1v) is 7.57. The summed E-state index contributed by atoms with van der Waals surface area (Å²) in [6, 6.07) is 4.46. The normalized spacial score (nSPS) is 11.1. The van der Waals surface area contributed by atoms with Crippen molar-refractivity contribution in [3.8, 4) is 17.2 Å². The Morgan fingerprint density at radius 2 is 1.88 bits per heavy atom. The van der Waals surface area contributed by atoms with Gasteiger partial charge in [0.15, 0.2) is 11.3 Å². The molecule has 0 aliphatic rings. The van der Waals surface area contributed by atoms with Crippen molar-refractivity contribution in [3.05, 3.63) is 51.2 Å². The number of rotatable bonds is 2. The third-order valence-corrected chi connectivity index (χ3v) is 4.08. The molecule has 0 aliphatic heterocycles. The predicted molar refractivity (Wildman–Crippen MR) is 92.9 cm³/mol. The number of phenolic OH excluding ortho intramolecular Hbond substituents is 3. The van der Waals surface area contributed by atoms with E-state index in [0.717, 1.165) is 5.57 Å². The molecule has 0 saturated carbocycles. The summed E-state index contributed by atoms with van der Waals surface area (Å²) in [5.41, 5.74) is 1.50. The van der Waals surface area contributed by atoms with Crippen LogP contribution in [0.2, 0.25) is 0 Å². The van der Waals surface area contributed by atoms with Crippen LogP contribution >= 0.6 is 0 Å². The quantitative estimate of drug-likeness (QED) is 0.491. The van der Waals surface area contributed by atoms with Crippen LogP contribution in [0.25, 0.3) is 21.9 Å². The fourth-order valence-corrected chi connectivity index (χ4v) is 2.68. The Kier molecular flexibility index (Phi) is 3.72. The van der Waals surface area contributed by atoms with Gasteiger partial charge in [0.05, 0.1) is 5.39 Å². The lowest BCUT2D eigenvalue weighted by Gasteiger charge is -2.10. The highest BCUT2D eigenvalue weighted by molar-refractivity contribution is 5.96. The van der Waals surface area contributed by atoms with Gasteiger partial charge < -0.3 is 19.7 Å². The molecule has 2 aromatic carbocycles. The molecule has 3 N–H and O–H groups in total. The second kappa shape index (κ2) is 5.60. The maximum Gasteiger partial charge on any atom is 0.204 e. The zero-order chi connectivity index (χ0) is 17.6. The van der Waals surface area contributed by atoms with E-state index < -0.39 is 5.43 Å². The standard InChI is InChI=1S/C19H18O5/c1-9(2)4-6-11-13(20)8-14-15(17(11)22)18(23)12-7-5-10(3)16(21)19(12)24-14/h4-5,7-8,20-22H,6H2,1-3H3. The Bertz CT molecular complexity index is 1050. The Morgan fingerprint density at radius 3 is 2.54 bits per heavy atom. The molecule has 5 nitrogen and oxygen atoms in total. The van der Waals surface area contributed by atoms with Crippen molar-refractivity contribution < 1.29 is 19.7 Å². The van der Waals surface area contributed by atoms with E-state index in [1.165, 1.54) is 6.07 Å². The van der Waals surface area contributed by atoms with Crippen molar-refractivity contribution >= 4 is 21.9 Å². The molecule has 0 fully saturated rings. The highest BCUT2D eigenvalue weighted by atomic mass is 16.4. The second-order valence-corrected chi connectivity index (χ2v) is 6.12. The summed E-state index contributed by atoms with van der Waals surface area (Å²) < 4.78 is 5.60. The maximum atomic E-state index is 12.7. The van der Waals surface area contributed by atoms with Crippen molar-refractivity contribution in [2.24, 2.45) is 0 Å². The molecule has 0 saturated heterocycles. The van der Waals surface area contributed by atoms with Crippen LogP contribution < -0.4 is 5.43 Å². The largest absolute Gasteiger partial charge is 0.507 e. The summed E-state index contributed by atoms with van der Waals surface area (Å²) in [5.74, 6) is -0.579. The van der Waals surface area contributed by atoms with Gasteiger partial charge in [0.1, 0.15) is 22.5 Å². The minimum atomic E-state index is -0.447. The molecule has 0 aliphatic carbocycles.